The summed E-state index contributed by atoms with van der Waals surface area (Å²) in [7, 11) is 1.49. The number of hydrogen-bond acceptors (Lipinski definition) is 11. The Morgan fingerprint density at radius 1 is 0.647 bits per heavy atom. The summed E-state index contributed by atoms with van der Waals surface area (Å²) in [4.78, 5) is 46.4. The second-order valence-corrected chi connectivity index (χ2v) is 17.5. The highest BCUT2D eigenvalue weighted by atomic mass is 16.6. The van der Waals surface area contributed by atoms with Crippen molar-refractivity contribution in [1.82, 2.24) is 14.9 Å². The summed E-state index contributed by atoms with van der Waals surface area (Å²) < 4.78 is 33.5. The molecule has 4 atom stereocenters. The predicted molar refractivity (Wildman–Crippen MR) is 257 cm³/mol. The topological polar surface area (TPSA) is 164 Å². The van der Waals surface area contributed by atoms with E-state index in [0.29, 0.717) is 56.7 Å². The minimum Gasteiger partial charge on any atom is -0.493 e. The zero-order valence-corrected chi connectivity index (χ0v) is 39.6. The number of esters is 1. The number of benzene rings is 4. The summed E-state index contributed by atoms with van der Waals surface area (Å²) in [5, 5.41) is 9.58. The van der Waals surface area contributed by atoms with Gasteiger partial charge in [0.25, 0.3) is 0 Å². The monoisotopic (exact) mass is 925 g/mol. The van der Waals surface area contributed by atoms with Gasteiger partial charge in [0.05, 0.1) is 50.2 Å². The van der Waals surface area contributed by atoms with Crippen LogP contribution >= 0.6 is 0 Å². The molecule has 1 amide bonds. The van der Waals surface area contributed by atoms with E-state index in [1.54, 1.807) is 6.92 Å². The van der Waals surface area contributed by atoms with Crippen molar-refractivity contribution in [3.8, 4) is 34.4 Å². The molecular weight excluding hydrogens is 863 g/mol. The minimum atomic E-state index is -0.867. The smallest absolute Gasteiger partial charge is 0.409 e. The van der Waals surface area contributed by atoms with Crippen LogP contribution in [-0.2, 0) is 44.7 Å². The molecule has 1 N–H and O–H groups in total. The van der Waals surface area contributed by atoms with Crippen molar-refractivity contribution in [3.05, 3.63) is 143 Å². The Kier molecular flexibility index (Phi) is 17.5. The average Bonchev–Trinajstić information content (AvgIpc) is 4.18. The maximum Gasteiger partial charge on any atom is 0.409 e. The van der Waals surface area contributed by atoms with Gasteiger partial charge in [-0.05, 0) is 131 Å². The molecule has 2 aliphatic rings. The van der Waals surface area contributed by atoms with Crippen molar-refractivity contribution < 1.29 is 47.3 Å². The van der Waals surface area contributed by atoms with E-state index in [0.717, 1.165) is 89.6 Å². The Balaban J connectivity index is 0.000000203. The number of rotatable bonds is 19. The molecule has 1 aliphatic heterocycles. The largest absolute Gasteiger partial charge is 0.493 e. The second-order valence-electron chi connectivity index (χ2n) is 17.5. The van der Waals surface area contributed by atoms with E-state index < -0.39 is 18.0 Å². The zero-order chi connectivity index (χ0) is 47.8. The Morgan fingerprint density at radius 3 is 1.62 bits per heavy atom. The van der Waals surface area contributed by atoms with Crippen molar-refractivity contribution in [3.63, 3.8) is 0 Å². The molecule has 2 aromatic heterocycles. The van der Waals surface area contributed by atoms with E-state index in [1.165, 1.54) is 17.6 Å². The van der Waals surface area contributed by atoms with Crippen LogP contribution in [0, 0.1) is 37.5 Å². The molecule has 0 radical (unpaired) electrons. The number of aryl methyl sites for hydroxylation is 4. The molecule has 1 aliphatic carbocycles. The number of methoxy groups -OCH3 is 1. The van der Waals surface area contributed by atoms with Gasteiger partial charge in [0.1, 0.15) is 23.0 Å². The van der Waals surface area contributed by atoms with Crippen LogP contribution in [0.4, 0.5) is 4.79 Å². The number of carboxylic acids is 1. The molecule has 2 fully saturated rings. The number of amides is 1. The first-order valence-electron chi connectivity index (χ1n) is 23.8. The molecule has 0 spiro atoms. The summed E-state index contributed by atoms with van der Waals surface area (Å²) in [5.74, 6) is 3.43. The quantitative estimate of drug-likeness (QED) is 0.0766. The predicted octanol–water partition coefficient (Wildman–Crippen LogP) is 10.8. The number of carbonyl (C=O) groups is 3. The maximum atomic E-state index is 12.0. The Labute approximate surface area is 398 Å². The van der Waals surface area contributed by atoms with Crippen molar-refractivity contribution in [1.29, 1.82) is 0 Å². The number of carboxylic acid groups (broad SMARTS) is 1. The lowest BCUT2D eigenvalue weighted by Crippen LogP contribution is -2.30. The first kappa shape index (κ1) is 49.0. The molecule has 358 valence electrons. The van der Waals surface area contributed by atoms with E-state index in [1.807, 2.05) is 111 Å². The van der Waals surface area contributed by atoms with Gasteiger partial charge >= 0.3 is 18.0 Å². The van der Waals surface area contributed by atoms with E-state index in [-0.39, 0.29) is 31.0 Å². The van der Waals surface area contributed by atoms with Gasteiger partial charge in [0, 0.05) is 37.1 Å². The van der Waals surface area contributed by atoms with Crippen molar-refractivity contribution in [2.45, 2.75) is 78.6 Å². The minimum absolute atomic E-state index is 0.0468. The van der Waals surface area contributed by atoms with Gasteiger partial charge in [0.15, 0.2) is 0 Å². The third-order valence-electron chi connectivity index (χ3n) is 12.9. The number of likely N-dealkylation sites (tertiary alicyclic amines) is 1. The zero-order valence-electron chi connectivity index (χ0n) is 39.6. The number of oxazole rings is 2. The molecular formula is C55H63N3O10. The third kappa shape index (κ3) is 13.4. The van der Waals surface area contributed by atoms with Crippen molar-refractivity contribution in [2.75, 3.05) is 40.0 Å². The number of ether oxygens (including phenoxy) is 4. The lowest BCUT2D eigenvalue weighted by atomic mass is 9.90. The molecule has 68 heavy (non-hydrogen) atoms. The highest BCUT2D eigenvalue weighted by Gasteiger charge is 2.40. The van der Waals surface area contributed by atoms with Crippen LogP contribution in [0.15, 0.2) is 118 Å². The Hall–Kier alpha value is -6.89. The molecule has 3 heterocycles. The average molecular weight is 926 g/mol. The van der Waals surface area contributed by atoms with E-state index in [9.17, 15) is 19.5 Å². The third-order valence-corrected chi connectivity index (χ3v) is 12.9. The molecule has 1 saturated carbocycles. The van der Waals surface area contributed by atoms with Gasteiger partial charge in [-0.1, -0.05) is 67.1 Å². The SMILES string of the molecule is CCOC(=O)N1C[C@@H](CCc2ccc(OCCc3nc(-c4ccccc4)oc3C)cc2)[C@@H](C(=O)O)C1.COC(=O)[C@@H]1CCC[C@H]1CCc1ccc(OCCc2nc(-c3ccccc3)oc2C)cc1. The van der Waals surface area contributed by atoms with Gasteiger partial charge < -0.3 is 37.8 Å². The number of aliphatic carboxylic acids is 1. The standard InChI is InChI=1S/C28H32N2O6.C27H31NO4/c1-3-34-28(33)30-17-22(24(18-30)27(31)32)12-9-20-10-13-23(14-11-20)35-16-15-25-19(2)36-26(29-25)21-7-5-4-6-8-21;1-19-25(28-26(32-19)22-7-4-3-5-8-22)17-18-31-23-15-12-20(13-16-23)11-14-21-9-6-10-24(21)27(29)30-2/h4-8,10-11,13-14,22,24H,3,9,12,15-18H2,1-2H3,(H,31,32);3-5,7-8,12-13,15-16,21,24H,6,9-11,14,17-18H2,1-2H3/t22-,24+;21-,24+/m10/s1. The van der Waals surface area contributed by atoms with Gasteiger partial charge in [0.2, 0.25) is 11.8 Å². The van der Waals surface area contributed by atoms with E-state index >= 15 is 0 Å². The second kappa shape index (κ2) is 24.2. The molecule has 13 nitrogen and oxygen atoms in total. The van der Waals surface area contributed by atoms with Crippen LogP contribution in [0.25, 0.3) is 22.9 Å². The van der Waals surface area contributed by atoms with Crippen LogP contribution in [0.2, 0.25) is 0 Å². The van der Waals surface area contributed by atoms with Crippen LogP contribution in [0.1, 0.15) is 73.1 Å². The van der Waals surface area contributed by atoms with Gasteiger partial charge in [-0.15, -0.1) is 0 Å². The summed E-state index contributed by atoms with van der Waals surface area (Å²) in [6.45, 7) is 7.50. The molecule has 8 rings (SSSR count). The molecule has 1 saturated heterocycles. The summed E-state index contributed by atoms with van der Waals surface area (Å²) in [5.41, 5.74) is 6.11. The number of aromatic nitrogens is 2. The molecule has 13 heteroatoms. The van der Waals surface area contributed by atoms with Gasteiger partial charge in [-0.3, -0.25) is 9.59 Å². The van der Waals surface area contributed by atoms with Crippen LogP contribution < -0.4 is 9.47 Å². The highest BCUT2D eigenvalue weighted by molar-refractivity contribution is 5.74. The molecule has 6 aromatic rings. The van der Waals surface area contributed by atoms with Gasteiger partial charge in [-0.2, -0.15) is 0 Å². The van der Waals surface area contributed by atoms with E-state index in [4.69, 9.17) is 27.8 Å². The summed E-state index contributed by atoms with van der Waals surface area (Å²) in [6, 6.07) is 35.9. The molecule has 0 bridgehead atoms. The lowest BCUT2D eigenvalue weighted by molar-refractivity contribution is -0.146. The highest BCUT2D eigenvalue weighted by Crippen LogP contribution is 2.36. The summed E-state index contributed by atoms with van der Waals surface area (Å²) in [6.07, 6.45) is 7.50. The lowest BCUT2D eigenvalue weighted by Gasteiger charge is -2.17. The number of hydrogen-bond donors (Lipinski definition) is 1. The van der Waals surface area contributed by atoms with Crippen LogP contribution in [0.3, 0.4) is 0 Å². The van der Waals surface area contributed by atoms with Crippen molar-refractivity contribution >= 4 is 18.0 Å². The first-order valence-corrected chi connectivity index (χ1v) is 23.8. The normalized spacial score (nSPS) is 17.6. The van der Waals surface area contributed by atoms with Crippen molar-refractivity contribution in [2.24, 2.45) is 23.7 Å². The maximum absolute atomic E-state index is 12.0. The molecule has 4 aromatic carbocycles. The van der Waals surface area contributed by atoms with Gasteiger partial charge in [-0.25, -0.2) is 14.8 Å². The fraction of sp³-hybridized carbons (Fsp3) is 0.400. The number of carbonyl (C=O) groups excluding carboxylic acids is 2. The summed E-state index contributed by atoms with van der Waals surface area (Å²) >= 11 is 0. The number of nitrogens with zero attached hydrogens (tertiary/aromatic N) is 3. The fourth-order valence-corrected chi connectivity index (χ4v) is 9.12. The fourth-order valence-electron chi connectivity index (χ4n) is 9.12. The Morgan fingerprint density at radius 2 is 1.15 bits per heavy atom. The molecule has 0 unspecified atom stereocenters. The van der Waals surface area contributed by atoms with Crippen LogP contribution in [0.5, 0.6) is 11.5 Å². The van der Waals surface area contributed by atoms with Crippen LogP contribution in [-0.4, -0.2) is 78.0 Å². The van der Waals surface area contributed by atoms with E-state index in [2.05, 4.69) is 22.1 Å². The first-order chi connectivity index (χ1) is 33.1. The Bertz CT molecular complexity index is 2520.